The van der Waals surface area contributed by atoms with E-state index in [-0.39, 0.29) is 24.2 Å². The molecule has 9 heteroatoms. The Balaban J connectivity index is 0.00000162. The predicted molar refractivity (Wildman–Crippen MR) is 69.5 cm³/mol. The van der Waals surface area contributed by atoms with Crippen LogP contribution < -0.4 is 10.5 Å². The number of nitrogens with one attached hydrogen (secondary N) is 1. The summed E-state index contributed by atoms with van der Waals surface area (Å²) in [5, 5.41) is 8.19. The van der Waals surface area contributed by atoms with E-state index in [0.717, 1.165) is 19.5 Å². The molecule has 2 heterocycles. The molecule has 1 atom stereocenters. The van der Waals surface area contributed by atoms with Gasteiger partial charge in [0.2, 0.25) is 5.91 Å². The first kappa shape index (κ1) is 15.6. The topological polar surface area (TPSA) is 95.7 Å². The fourth-order valence-electron chi connectivity index (χ4n) is 2.29. The maximum atomic E-state index is 12.0. The lowest BCUT2D eigenvalue weighted by Crippen LogP contribution is -2.53. The van der Waals surface area contributed by atoms with E-state index in [4.69, 9.17) is 5.14 Å². The van der Waals surface area contributed by atoms with Gasteiger partial charge in [-0.05, 0) is 13.0 Å². The summed E-state index contributed by atoms with van der Waals surface area (Å²) in [4.78, 5) is 13.8. The third-order valence-corrected chi connectivity index (χ3v) is 4.40. The number of hydrogen-bond donors (Lipinski definition) is 2. The lowest BCUT2D eigenvalue weighted by atomic mass is 10.1. The van der Waals surface area contributed by atoms with Gasteiger partial charge in [0.15, 0.2) is 0 Å². The Morgan fingerprint density at radius 2 is 1.83 bits per heavy atom. The number of nitrogens with zero attached hydrogens (tertiary/aromatic N) is 2. The van der Waals surface area contributed by atoms with Crippen LogP contribution in [0.25, 0.3) is 0 Å². The van der Waals surface area contributed by atoms with Gasteiger partial charge >= 0.3 is 0 Å². The second-order valence-corrected chi connectivity index (χ2v) is 6.01. The standard InChI is InChI=1S/C9H18N4O3S.ClH/c10-17(15,16)13-5-3-12(4-6-13)9(14)8-1-2-11-7-8;/h8,11H,1-7H2,(H2,10,15,16);1H. The van der Waals surface area contributed by atoms with Crippen LogP contribution in [0.4, 0.5) is 0 Å². The van der Waals surface area contributed by atoms with E-state index < -0.39 is 10.2 Å². The Hall–Kier alpha value is -0.410. The highest BCUT2D eigenvalue weighted by Gasteiger charge is 2.31. The first-order valence-electron chi connectivity index (χ1n) is 5.76. The van der Waals surface area contributed by atoms with Gasteiger partial charge in [-0.3, -0.25) is 4.79 Å². The number of nitrogens with two attached hydrogens (primary N) is 1. The Morgan fingerprint density at radius 1 is 1.22 bits per heavy atom. The van der Waals surface area contributed by atoms with Gasteiger partial charge in [-0.25, -0.2) is 5.14 Å². The summed E-state index contributed by atoms with van der Waals surface area (Å²) in [5.74, 6) is 0.181. The second-order valence-electron chi connectivity index (χ2n) is 4.46. The van der Waals surface area contributed by atoms with Crippen LogP contribution in [0.1, 0.15) is 6.42 Å². The van der Waals surface area contributed by atoms with Crippen LogP contribution in [0, 0.1) is 5.92 Å². The van der Waals surface area contributed by atoms with E-state index in [1.807, 2.05) is 0 Å². The summed E-state index contributed by atoms with van der Waals surface area (Å²) in [6.45, 7) is 3.08. The van der Waals surface area contributed by atoms with E-state index in [9.17, 15) is 13.2 Å². The molecule has 106 valence electrons. The molecule has 0 aromatic rings. The average Bonchev–Trinajstić information content (AvgIpc) is 2.80. The zero-order valence-corrected chi connectivity index (χ0v) is 11.7. The van der Waals surface area contributed by atoms with Crippen molar-refractivity contribution in [3.63, 3.8) is 0 Å². The van der Waals surface area contributed by atoms with Gasteiger partial charge in [-0.15, -0.1) is 12.4 Å². The summed E-state index contributed by atoms with van der Waals surface area (Å²) < 4.78 is 23.4. The molecule has 2 rings (SSSR count). The molecule has 0 spiro atoms. The van der Waals surface area contributed by atoms with Crippen molar-refractivity contribution in [1.82, 2.24) is 14.5 Å². The van der Waals surface area contributed by atoms with Gasteiger partial charge in [-0.1, -0.05) is 0 Å². The first-order valence-corrected chi connectivity index (χ1v) is 7.26. The van der Waals surface area contributed by atoms with Gasteiger partial charge < -0.3 is 10.2 Å². The molecule has 2 fully saturated rings. The Labute approximate surface area is 113 Å². The number of piperazine rings is 1. The third-order valence-electron chi connectivity index (χ3n) is 3.32. The van der Waals surface area contributed by atoms with Crippen LogP contribution in [0.15, 0.2) is 0 Å². The molecule has 0 saturated carbocycles. The van der Waals surface area contributed by atoms with E-state index >= 15 is 0 Å². The van der Waals surface area contributed by atoms with Crippen LogP contribution in [0.2, 0.25) is 0 Å². The minimum absolute atomic E-state index is 0. The fourth-order valence-corrected chi connectivity index (χ4v) is 2.96. The van der Waals surface area contributed by atoms with Crippen molar-refractivity contribution in [2.24, 2.45) is 11.1 Å². The van der Waals surface area contributed by atoms with E-state index in [1.165, 1.54) is 4.31 Å². The molecule has 0 radical (unpaired) electrons. The SMILES string of the molecule is Cl.NS(=O)(=O)N1CCN(C(=O)C2CCNC2)CC1. The number of carbonyl (C=O) groups excluding carboxylic acids is 1. The molecule has 1 unspecified atom stereocenters. The first-order chi connectivity index (χ1) is 7.98. The molecule has 2 aliphatic rings. The van der Waals surface area contributed by atoms with E-state index in [1.54, 1.807) is 4.90 Å². The van der Waals surface area contributed by atoms with Crippen LogP contribution in [-0.2, 0) is 15.0 Å². The van der Waals surface area contributed by atoms with Crippen molar-refractivity contribution in [2.45, 2.75) is 6.42 Å². The average molecular weight is 299 g/mol. The number of hydrogen-bond acceptors (Lipinski definition) is 4. The smallest absolute Gasteiger partial charge is 0.277 e. The molecule has 0 bridgehead atoms. The van der Waals surface area contributed by atoms with E-state index in [2.05, 4.69) is 5.32 Å². The highest BCUT2D eigenvalue weighted by molar-refractivity contribution is 7.86. The molecule has 3 N–H and O–H groups in total. The zero-order chi connectivity index (χ0) is 12.5. The molecule has 18 heavy (non-hydrogen) atoms. The maximum Gasteiger partial charge on any atom is 0.277 e. The molecule has 0 aromatic carbocycles. The van der Waals surface area contributed by atoms with Gasteiger partial charge in [0.1, 0.15) is 0 Å². The summed E-state index contributed by atoms with van der Waals surface area (Å²) in [5.41, 5.74) is 0. The fraction of sp³-hybridized carbons (Fsp3) is 0.889. The summed E-state index contributed by atoms with van der Waals surface area (Å²) in [7, 11) is -3.61. The van der Waals surface area contributed by atoms with Crippen LogP contribution in [0.3, 0.4) is 0 Å². The molecule has 2 saturated heterocycles. The molecule has 0 aliphatic carbocycles. The Morgan fingerprint density at radius 3 is 2.28 bits per heavy atom. The van der Waals surface area contributed by atoms with Crippen LogP contribution in [-0.4, -0.2) is 62.8 Å². The largest absolute Gasteiger partial charge is 0.340 e. The number of amides is 1. The van der Waals surface area contributed by atoms with Crippen LogP contribution >= 0.6 is 12.4 Å². The number of carbonyl (C=O) groups is 1. The van der Waals surface area contributed by atoms with Gasteiger partial charge in [0.05, 0.1) is 5.92 Å². The van der Waals surface area contributed by atoms with Gasteiger partial charge in [0.25, 0.3) is 10.2 Å². The Kier molecular flexibility index (Phi) is 5.35. The minimum atomic E-state index is -3.61. The molecular formula is C9H19ClN4O3S. The molecule has 1 amide bonds. The predicted octanol–water partition coefficient (Wildman–Crippen LogP) is -1.63. The number of rotatable bonds is 2. The molecule has 0 aromatic heterocycles. The zero-order valence-electron chi connectivity index (χ0n) is 10.0. The van der Waals surface area contributed by atoms with Crippen molar-refractivity contribution < 1.29 is 13.2 Å². The van der Waals surface area contributed by atoms with Crippen LogP contribution in [0.5, 0.6) is 0 Å². The summed E-state index contributed by atoms with van der Waals surface area (Å²) in [6, 6.07) is 0. The second kappa shape index (κ2) is 6.16. The lowest BCUT2D eigenvalue weighted by Gasteiger charge is -2.34. The maximum absolute atomic E-state index is 12.0. The highest BCUT2D eigenvalue weighted by atomic mass is 35.5. The quantitative estimate of drug-likeness (QED) is 0.639. The van der Waals surface area contributed by atoms with Crippen molar-refractivity contribution in [3.05, 3.63) is 0 Å². The molecule has 2 aliphatic heterocycles. The van der Waals surface area contributed by atoms with Crippen molar-refractivity contribution in [2.75, 3.05) is 39.3 Å². The normalized spacial score (nSPS) is 25.8. The monoisotopic (exact) mass is 298 g/mol. The minimum Gasteiger partial charge on any atom is -0.340 e. The lowest BCUT2D eigenvalue weighted by molar-refractivity contribution is -0.136. The number of halogens is 1. The van der Waals surface area contributed by atoms with Gasteiger partial charge in [0, 0.05) is 32.7 Å². The van der Waals surface area contributed by atoms with Gasteiger partial charge in [-0.2, -0.15) is 12.7 Å². The molecule has 7 nitrogen and oxygen atoms in total. The molecular weight excluding hydrogens is 280 g/mol. The summed E-state index contributed by atoms with van der Waals surface area (Å²) >= 11 is 0. The van der Waals surface area contributed by atoms with Crippen molar-refractivity contribution in [1.29, 1.82) is 0 Å². The van der Waals surface area contributed by atoms with E-state index in [0.29, 0.717) is 26.2 Å². The highest BCUT2D eigenvalue weighted by Crippen LogP contribution is 2.14. The summed E-state index contributed by atoms with van der Waals surface area (Å²) in [6.07, 6.45) is 0.869. The van der Waals surface area contributed by atoms with Crippen molar-refractivity contribution >= 4 is 28.5 Å². The van der Waals surface area contributed by atoms with Crippen molar-refractivity contribution in [3.8, 4) is 0 Å². The third kappa shape index (κ3) is 3.55. The Bertz CT molecular complexity index is 389.